The summed E-state index contributed by atoms with van der Waals surface area (Å²) >= 11 is 1.23. The van der Waals surface area contributed by atoms with Gasteiger partial charge in [0.15, 0.2) is 5.82 Å². The van der Waals surface area contributed by atoms with Gasteiger partial charge in [-0.25, -0.2) is 4.68 Å². The minimum atomic E-state index is -0.130. The van der Waals surface area contributed by atoms with E-state index in [2.05, 4.69) is 29.4 Å². The van der Waals surface area contributed by atoms with Crippen LogP contribution in [-0.4, -0.2) is 32.6 Å². The normalized spacial score (nSPS) is 11.1. The van der Waals surface area contributed by atoms with Crippen LogP contribution in [0, 0.1) is 0 Å². The molecule has 1 amide bonds. The molecule has 0 atom stereocenters. The highest BCUT2D eigenvalue weighted by molar-refractivity contribution is 7.99. The number of thioether (sulfide) groups is 1. The van der Waals surface area contributed by atoms with E-state index in [1.807, 2.05) is 62.4 Å². The molecule has 1 heterocycles. The van der Waals surface area contributed by atoms with Gasteiger partial charge in [0, 0.05) is 11.3 Å². The lowest BCUT2D eigenvalue weighted by Crippen LogP contribution is -2.16. The van der Waals surface area contributed by atoms with E-state index in [-0.39, 0.29) is 17.8 Å². The zero-order chi connectivity index (χ0) is 21.7. The van der Waals surface area contributed by atoms with Gasteiger partial charge in [-0.05, 0) is 49.6 Å². The number of rotatable bonds is 8. The number of nitrogens with zero attached hydrogens (tertiary/aromatic N) is 3. The van der Waals surface area contributed by atoms with Crippen LogP contribution in [0.25, 0.3) is 11.4 Å². The highest BCUT2D eigenvalue weighted by atomic mass is 32.2. The van der Waals surface area contributed by atoms with Crippen molar-refractivity contribution in [3.05, 3.63) is 54.1 Å². The molecule has 3 aromatic rings. The van der Waals surface area contributed by atoms with Gasteiger partial charge in [-0.3, -0.25) is 4.79 Å². The lowest BCUT2D eigenvalue weighted by molar-refractivity contribution is -0.113. The third kappa shape index (κ3) is 5.54. The Bertz CT molecular complexity index is 999. The Morgan fingerprint density at radius 2 is 1.87 bits per heavy atom. The molecule has 0 saturated heterocycles. The number of nitrogens with two attached hydrogens (primary N) is 1. The van der Waals surface area contributed by atoms with Crippen molar-refractivity contribution in [1.29, 1.82) is 0 Å². The van der Waals surface area contributed by atoms with Gasteiger partial charge in [0.2, 0.25) is 11.1 Å². The Labute approximate surface area is 181 Å². The standard InChI is InChI=1S/C22H27N5O2S/c1-14(2)16-8-10-18(11-9-16)24-20(28)13-30-22-26-25-21(27(22)23)17-6-5-7-19(12-17)29-15(3)4/h5-12,14-15H,13,23H2,1-4H3,(H,24,28). The SMILES string of the molecule is CC(C)Oc1cccc(-c2nnc(SCC(=O)Nc3ccc(C(C)C)cc3)n2N)c1. The van der Waals surface area contributed by atoms with Crippen molar-refractivity contribution in [2.75, 3.05) is 16.9 Å². The van der Waals surface area contributed by atoms with E-state index < -0.39 is 0 Å². The van der Waals surface area contributed by atoms with Crippen molar-refractivity contribution in [2.45, 2.75) is 44.9 Å². The lowest BCUT2D eigenvalue weighted by Gasteiger charge is -2.10. The van der Waals surface area contributed by atoms with Gasteiger partial charge in [-0.2, -0.15) is 0 Å². The average molecular weight is 426 g/mol. The minimum Gasteiger partial charge on any atom is -0.491 e. The fourth-order valence-electron chi connectivity index (χ4n) is 2.83. The summed E-state index contributed by atoms with van der Waals surface area (Å²) in [5.74, 6) is 7.92. The van der Waals surface area contributed by atoms with Gasteiger partial charge in [0.05, 0.1) is 11.9 Å². The number of ether oxygens (including phenoxy) is 1. The highest BCUT2D eigenvalue weighted by Gasteiger charge is 2.15. The maximum atomic E-state index is 12.3. The van der Waals surface area contributed by atoms with Gasteiger partial charge >= 0.3 is 0 Å². The Hall–Kier alpha value is -3.00. The first-order valence-electron chi connectivity index (χ1n) is 9.83. The van der Waals surface area contributed by atoms with Crippen LogP contribution in [-0.2, 0) is 4.79 Å². The van der Waals surface area contributed by atoms with Crippen molar-refractivity contribution in [3.63, 3.8) is 0 Å². The van der Waals surface area contributed by atoms with Crippen LogP contribution in [0.4, 0.5) is 5.69 Å². The van der Waals surface area contributed by atoms with Crippen LogP contribution in [0.15, 0.2) is 53.7 Å². The second-order valence-corrected chi connectivity index (χ2v) is 8.43. The number of carbonyl (C=O) groups is 1. The average Bonchev–Trinajstić information content (AvgIpc) is 3.07. The quantitative estimate of drug-likeness (QED) is 0.413. The number of anilines is 1. The number of aromatic nitrogens is 3. The van der Waals surface area contributed by atoms with Crippen LogP contribution in [0.2, 0.25) is 0 Å². The molecule has 30 heavy (non-hydrogen) atoms. The van der Waals surface area contributed by atoms with Crippen LogP contribution in [0.1, 0.15) is 39.2 Å². The summed E-state index contributed by atoms with van der Waals surface area (Å²) in [5, 5.41) is 11.6. The molecule has 2 aromatic carbocycles. The van der Waals surface area contributed by atoms with Crippen molar-refractivity contribution >= 4 is 23.4 Å². The summed E-state index contributed by atoms with van der Waals surface area (Å²) < 4.78 is 7.12. The topological polar surface area (TPSA) is 95.1 Å². The zero-order valence-corrected chi connectivity index (χ0v) is 18.4. The molecule has 0 aliphatic heterocycles. The third-order valence-corrected chi connectivity index (χ3v) is 5.27. The van der Waals surface area contributed by atoms with Crippen LogP contribution in [0.5, 0.6) is 5.75 Å². The summed E-state index contributed by atoms with van der Waals surface area (Å²) in [5.41, 5.74) is 2.79. The molecule has 0 aliphatic rings. The Morgan fingerprint density at radius 1 is 1.13 bits per heavy atom. The molecule has 0 radical (unpaired) electrons. The summed E-state index contributed by atoms with van der Waals surface area (Å²) in [6.45, 7) is 8.21. The Morgan fingerprint density at radius 3 is 2.53 bits per heavy atom. The van der Waals surface area contributed by atoms with Crippen molar-refractivity contribution in [2.24, 2.45) is 0 Å². The van der Waals surface area contributed by atoms with E-state index in [0.29, 0.717) is 16.9 Å². The molecule has 158 valence electrons. The molecular weight excluding hydrogens is 398 g/mol. The molecule has 8 heteroatoms. The van der Waals surface area contributed by atoms with Crippen LogP contribution < -0.4 is 15.9 Å². The maximum absolute atomic E-state index is 12.3. The predicted molar refractivity (Wildman–Crippen MR) is 121 cm³/mol. The van der Waals surface area contributed by atoms with Crippen molar-refractivity contribution in [1.82, 2.24) is 14.9 Å². The van der Waals surface area contributed by atoms with E-state index in [1.54, 1.807) is 0 Å². The molecule has 7 nitrogen and oxygen atoms in total. The highest BCUT2D eigenvalue weighted by Crippen LogP contribution is 2.25. The van der Waals surface area contributed by atoms with E-state index in [9.17, 15) is 4.79 Å². The monoisotopic (exact) mass is 425 g/mol. The van der Waals surface area contributed by atoms with Crippen molar-refractivity contribution in [3.8, 4) is 17.1 Å². The van der Waals surface area contributed by atoms with E-state index >= 15 is 0 Å². The number of amides is 1. The molecule has 0 aliphatic carbocycles. The first-order valence-corrected chi connectivity index (χ1v) is 10.8. The lowest BCUT2D eigenvalue weighted by atomic mass is 10.0. The molecule has 0 saturated carbocycles. The zero-order valence-electron chi connectivity index (χ0n) is 17.6. The fourth-order valence-corrected chi connectivity index (χ4v) is 3.49. The van der Waals surface area contributed by atoms with E-state index in [0.717, 1.165) is 17.0 Å². The first-order chi connectivity index (χ1) is 14.3. The Kier molecular flexibility index (Phi) is 6.99. The number of nitrogens with one attached hydrogen (secondary N) is 1. The predicted octanol–water partition coefficient (Wildman–Crippen LogP) is 4.30. The molecule has 1 aromatic heterocycles. The van der Waals surface area contributed by atoms with Gasteiger partial charge < -0.3 is 15.9 Å². The molecule has 0 bridgehead atoms. The number of carbonyl (C=O) groups excluding carboxylic acids is 1. The van der Waals surface area contributed by atoms with E-state index in [1.165, 1.54) is 22.0 Å². The summed E-state index contributed by atoms with van der Waals surface area (Å²) in [6, 6.07) is 15.4. The number of hydrogen-bond acceptors (Lipinski definition) is 6. The molecule has 3 rings (SSSR count). The second-order valence-electron chi connectivity index (χ2n) is 7.48. The largest absolute Gasteiger partial charge is 0.491 e. The first kappa shape index (κ1) is 21.7. The number of nitrogen functional groups attached to an aromatic ring is 1. The van der Waals surface area contributed by atoms with Gasteiger partial charge in [-0.15, -0.1) is 10.2 Å². The van der Waals surface area contributed by atoms with Crippen LogP contribution in [0.3, 0.4) is 0 Å². The summed E-state index contributed by atoms with van der Waals surface area (Å²) in [7, 11) is 0. The summed E-state index contributed by atoms with van der Waals surface area (Å²) in [6.07, 6.45) is 0.0715. The van der Waals surface area contributed by atoms with Gasteiger partial charge in [0.1, 0.15) is 5.75 Å². The minimum absolute atomic E-state index is 0.0715. The maximum Gasteiger partial charge on any atom is 0.234 e. The molecule has 0 fully saturated rings. The smallest absolute Gasteiger partial charge is 0.234 e. The molecule has 0 unspecified atom stereocenters. The molecule has 0 spiro atoms. The summed E-state index contributed by atoms with van der Waals surface area (Å²) in [4.78, 5) is 12.3. The Balaban J connectivity index is 1.62. The van der Waals surface area contributed by atoms with Crippen LogP contribution >= 0.6 is 11.8 Å². The van der Waals surface area contributed by atoms with E-state index in [4.69, 9.17) is 10.6 Å². The third-order valence-electron chi connectivity index (χ3n) is 4.32. The van der Waals surface area contributed by atoms with Gasteiger partial charge in [0.25, 0.3) is 0 Å². The molecule has 3 N–H and O–H groups in total. The fraction of sp³-hybridized carbons (Fsp3) is 0.318. The van der Waals surface area contributed by atoms with Gasteiger partial charge in [-0.1, -0.05) is 49.9 Å². The second kappa shape index (κ2) is 9.67. The molecular formula is C22H27N5O2S. The van der Waals surface area contributed by atoms with Crippen molar-refractivity contribution < 1.29 is 9.53 Å². The number of benzene rings is 2. The number of hydrogen-bond donors (Lipinski definition) is 2.